The fraction of sp³-hybridized carbons (Fsp3) is 0.111. The topological polar surface area (TPSA) is 60.2 Å². The van der Waals surface area contributed by atoms with Crippen LogP contribution in [0.2, 0.25) is 0 Å². The predicted octanol–water partition coefficient (Wildman–Crippen LogP) is 1.28. The lowest BCUT2D eigenvalue weighted by Gasteiger charge is -2.02. The van der Waals surface area contributed by atoms with Gasteiger partial charge in [-0.05, 0) is 13.0 Å². The van der Waals surface area contributed by atoms with E-state index in [0.29, 0.717) is 23.1 Å². The molecule has 0 saturated heterocycles. The monoisotopic (exact) mass is 163 g/mol. The van der Waals surface area contributed by atoms with Crippen molar-refractivity contribution in [1.82, 2.24) is 0 Å². The van der Waals surface area contributed by atoms with Crippen molar-refractivity contribution in [2.75, 3.05) is 5.73 Å². The van der Waals surface area contributed by atoms with Crippen LogP contribution in [0, 0.1) is 0 Å². The van der Waals surface area contributed by atoms with Crippen LogP contribution in [0.3, 0.4) is 0 Å². The zero-order chi connectivity index (χ0) is 9.14. The summed E-state index contributed by atoms with van der Waals surface area (Å²) >= 11 is 0. The zero-order valence-electron chi connectivity index (χ0n) is 6.70. The molecule has 2 N–H and O–H groups in total. The van der Waals surface area contributed by atoms with Gasteiger partial charge in [-0.1, -0.05) is 12.1 Å². The molecule has 12 heavy (non-hydrogen) atoms. The summed E-state index contributed by atoms with van der Waals surface area (Å²) in [6, 6.07) is 4.81. The van der Waals surface area contributed by atoms with Crippen LogP contribution >= 0.6 is 0 Å². The summed E-state index contributed by atoms with van der Waals surface area (Å²) in [5, 5.41) is 0. The number of hydrogen-bond donors (Lipinski definition) is 1. The van der Waals surface area contributed by atoms with Gasteiger partial charge in [-0.25, -0.2) is 0 Å². The first-order valence-corrected chi connectivity index (χ1v) is 3.51. The average Bonchev–Trinajstić information content (AvgIpc) is 2.03. The summed E-state index contributed by atoms with van der Waals surface area (Å²) in [7, 11) is 0. The van der Waals surface area contributed by atoms with Crippen molar-refractivity contribution in [2.24, 2.45) is 0 Å². The van der Waals surface area contributed by atoms with E-state index in [9.17, 15) is 9.59 Å². The molecular weight excluding hydrogens is 154 g/mol. The van der Waals surface area contributed by atoms with Gasteiger partial charge in [0.2, 0.25) is 0 Å². The van der Waals surface area contributed by atoms with Gasteiger partial charge in [0, 0.05) is 11.3 Å². The maximum absolute atomic E-state index is 11.0. The maximum atomic E-state index is 11.0. The number of nitrogens with two attached hydrogens (primary N) is 1. The van der Waals surface area contributed by atoms with Gasteiger partial charge in [0.1, 0.15) is 0 Å². The van der Waals surface area contributed by atoms with E-state index in [1.165, 1.54) is 6.92 Å². The number of anilines is 1. The van der Waals surface area contributed by atoms with Gasteiger partial charge < -0.3 is 5.73 Å². The molecular formula is C9H9NO2. The Hall–Kier alpha value is -1.64. The van der Waals surface area contributed by atoms with Gasteiger partial charge in [-0.15, -0.1) is 0 Å². The molecule has 0 unspecified atom stereocenters. The SMILES string of the molecule is CC(=O)c1c(N)cccc1C=O. The summed E-state index contributed by atoms with van der Waals surface area (Å²) in [5.41, 5.74) is 6.53. The number of benzene rings is 1. The molecule has 1 aromatic carbocycles. The van der Waals surface area contributed by atoms with Crippen LogP contribution in [0.4, 0.5) is 5.69 Å². The second kappa shape index (κ2) is 3.17. The molecule has 0 aromatic heterocycles. The Morgan fingerprint density at radius 1 is 1.50 bits per heavy atom. The highest BCUT2D eigenvalue weighted by atomic mass is 16.1. The standard InChI is InChI=1S/C9H9NO2/c1-6(12)9-7(5-11)3-2-4-8(9)10/h2-5H,10H2,1H3. The second-order valence-corrected chi connectivity index (χ2v) is 2.49. The predicted molar refractivity (Wildman–Crippen MR) is 46.2 cm³/mol. The van der Waals surface area contributed by atoms with Crippen molar-refractivity contribution in [3.05, 3.63) is 29.3 Å². The maximum Gasteiger partial charge on any atom is 0.162 e. The number of Topliss-reactive ketones (excluding diaryl/α,β-unsaturated/α-hetero) is 1. The first-order valence-electron chi connectivity index (χ1n) is 3.51. The minimum atomic E-state index is -0.185. The van der Waals surface area contributed by atoms with Crippen molar-refractivity contribution < 1.29 is 9.59 Å². The van der Waals surface area contributed by atoms with Gasteiger partial charge >= 0.3 is 0 Å². The lowest BCUT2D eigenvalue weighted by molar-refractivity contribution is 0.101. The summed E-state index contributed by atoms with van der Waals surface area (Å²) in [5.74, 6) is -0.185. The fourth-order valence-electron chi connectivity index (χ4n) is 1.09. The van der Waals surface area contributed by atoms with E-state index in [0.717, 1.165) is 0 Å². The molecule has 0 atom stereocenters. The number of nitrogen functional groups attached to an aromatic ring is 1. The number of rotatable bonds is 2. The molecule has 0 aliphatic rings. The van der Waals surface area contributed by atoms with Gasteiger partial charge in [0.25, 0.3) is 0 Å². The highest BCUT2D eigenvalue weighted by Crippen LogP contribution is 2.15. The van der Waals surface area contributed by atoms with Crippen LogP contribution in [0.5, 0.6) is 0 Å². The van der Waals surface area contributed by atoms with E-state index >= 15 is 0 Å². The Balaban J connectivity index is 3.39. The van der Waals surface area contributed by atoms with E-state index in [4.69, 9.17) is 5.73 Å². The van der Waals surface area contributed by atoms with Crippen molar-refractivity contribution in [3.63, 3.8) is 0 Å². The quantitative estimate of drug-likeness (QED) is 0.406. The minimum Gasteiger partial charge on any atom is -0.398 e. The number of carbonyl (C=O) groups excluding carboxylic acids is 2. The largest absolute Gasteiger partial charge is 0.398 e. The Bertz CT molecular complexity index is 331. The van der Waals surface area contributed by atoms with Crippen molar-refractivity contribution in [2.45, 2.75) is 6.92 Å². The van der Waals surface area contributed by atoms with Crippen LogP contribution in [-0.2, 0) is 0 Å². The zero-order valence-corrected chi connectivity index (χ0v) is 6.70. The van der Waals surface area contributed by atoms with E-state index in [-0.39, 0.29) is 5.78 Å². The van der Waals surface area contributed by atoms with Gasteiger partial charge in [0.15, 0.2) is 12.1 Å². The Kier molecular flexibility index (Phi) is 2.24. The van der Waals surface area contributed by atoms with Gasteiger partial charge in [0.05, 0.1) is 5.56 Å². The van der Waals surface area contributed by atoms with Crippen molar-refractivity contribution in [3.8, 4) is 0 Å². The molecule has 62 valence electrons. The first kappa shape index (κ1) is 8.46. The number of carbonyl (C=O) groups is 2. The molecule has 1 aromatic rings. The first-order chi connectivity index (χ1) is 5.66. The van der Waals surface area contributed by atoms with E-state index < -0.39 is 0 Å². The van der Waals surface area contributed by atoms with Crippen molar-refractivity contribution >= 4 is 17.8 Å². The molecule has 0 spiro atoms. The molecule has 0 bridgehead atoms. The summed E-state index contributed by atoms with van der Waals surface area (Å²) in [6.07, 6.45) is 0.632. The Labute approximate surface area is 70.2 Å². The van der Waals surface area contributed by atoms with Gasteiger partial charge in [-0.2, -0.15) is 0 Å². The molecule has 0 aliphatic heterocycles. The average molecular weight is 163 g/mol. The lowest BCUT2D eigenvalue weighted by Crippen LogP contribution is -2.03. The molecule has 3 nitrogen and oxygen atoms in total. The molecule has 0 radical (unpaired) electrons. The fourth-order valence-corrected chi connectivity index (χ4v) is 1.09. The van der Waals surface area contributed by atoms with Crippen LogP contribution in [0.1, 0.15) is 27.6 Å². The highest BCUT2D eigenvalue weighted by Gasteiger charge is 2.08. The number of hydrogen-bond acceptors (Lipinski definition) is 3. The van der Waals surface area contributed by atoms with Crippen LogP contribution in [0.15, 0.2) is 18.2 Å². The smallest absolute Gasteiger partial charge is 0.162 e. The minimum absolute atomic E-state index is 0.185. The molecule has 0 amide bonds. The Morgan fingerprint density at radius 3 is 2.58 bits per heavy atom. The third-order valence-corrected chi connectivity index (χ3v) is 1.61. The van der Waals surface area contributed by atoms with E-state index in [1.54, 1.807) is 18.2 Å². The molecule has 0 heterocycles. The molecule has 0 saturated carbocycles. The molecule has 0 aliphatic carbocycles. The van der Waals surface area contributed by atoms with Crippen LogP contribution < -0.4 is 5.73 Å². The Morgan fingerprint density at radius 2 is 2.17 bits per heavy atom. The van der Waals surface area contributed by atoms with Crippen LogP contribution in [-0.4, -0.2) is 12.1 Å². The third-order valence-electron chi connectivity index (χ3n) is 1.61. The third kappa shape index (κ3) is 1.34. The van der Waals surface area contributed by atoms with E-state index in [1.807, 2.05) is 0 Å². The number of ketones is 1. The summed E-state index contributed by atoms with van der Waals surface area (Å²) < 4.78 is 0. The van der Waals surface area contributed by atoms with E-state index in [2.05, 4.69) is 0 Å². The van der Waals surface area contributed by atoms with Crippen LogP contribution in [0.25, 0.3) is 0 Å². The second-order valence-electron chi connectivity index (χ2n) is 2.49. The lowest BCUT2D eigenvalue weighted by atomic mass is 10.0. The highest BCUT2D eigenvalue weighted by molar-refractivity contribution is 6.05. The molecule has 1 rings (SSSR count). The summed E-state index contributed by atoms with van der Waals surface area (Å²) in [4.78, 5) is 21.5. The number of aldehydes is 1. The normalized spacial score (nSPS) is 9.42. The van der Waals surface area contributed by atoms with Crippen molar-refractivity contribution in [1.29, 1.82) is 0 Å². The molecule has 0 fully saturated rings. The van der Waals surface area contributed by atoms with Gasteiger partial charge in [-0.3, -0.25) is 9.59 Å². The molecule has 3 heteroatoms. The summed E-state index contributed by atoms with van der Waals surface area (Å²) in [6.45, 7) is 1.39.